The van der Waals surface area contributed by atoms with Crippen molar-refractivity contribution in [1.29, 1.82) is 0 Å². The molecule has 4 nitrogen and oxygen atoms in total. The van der Waals surface area contributed by atoms with Crippen LogP contribution in [-0.4, -0.2) is 24.6 Å². The van der Waals surface area contributed by atoms with Crippen molar-refractivity contribution >= 4 is 11.9 Å². The summed E-state index contributed by atoms with van der Waals surface area (Å²) in [7, 11) is 0. The van der Waals surface area contributed by atoms with Crippen LogP contribution < -0.4 is 0 Å². The molecular formula is C20H38O4. The van der Waals surface area contributed by atoms with E-state index in [0.29, 0.717) is 19.4 Å². The van der Waals surface area contributed by atoms with Gasteiger partial charge in [-0.15, -0.1) is 0 Å². The second-order valence-corrected chi connectivity index (χ2v) is 6.53. The van der Waals surface area contributed by atoms with E-state index in [-0.39, 0.29) is 18.0 Å². The molecule has 0 rings (SSSR count). The van der Waals surface area contributed by atoms with Gasteiger partial charge < -0.3 is 9.47 Å². The molecule has 0 bridgehead atoms. The molecule has 0 aromatic heterocycles. The average molecular weight is 343 g/mol. The van der Waals surface area contributed by atoms with Crippen LogP contribution in [0, 0.1) is 0 Å². The van der Waals surface area contributed by atoms with Crippen molar-refractivity contribution in [2.75, 3.05) is 6.61 Å². The summed E-state index contributed by atoms with van der Waals surface area (Å²) in [5.41, 5.74) is 0. The maximum atomic E-state index is 11.9. The molecular weight excluding hydrogens is 304 g/mol. The highest BCUT2D eigenvalue weighted by atomic mass is 16.5. The average Bonchev–Trinajstić information content (AvgIpc) is 2.56. The molecule has 0 amide bonds. The van der Waals surface area contributed by atoms with Gasteiger partial charge in [0.15, 0.2) is 0 Å². The summed E-state index contributed by atoms with van der Waals surface area (Å²) in [4.78, 5) is 23.4. The number of hydrogen-bond donors (Lipinski definition) is 0. The molecule has 0 heterocycles. The van der Waals surface area contributed by atoms with Gasteiger partial charge in [0.25, 0.3) is 0 Å². The fourth-order valence-corrected chi connectivity index (χ4v) is 2.59. The third kappa shape index (κ3) is 14.5. The first-order valence-corrected chi connectivity index (χ1v) is 9.99. The number of carbonyl (C=O) groups is 2. The summed E-state index contributed by atoms with van der Waals surface area (Å²) in [5.74, 6) is -0.206. The van der Waals surface area contributed by atoms with Gasteiger partial charge in [-0.3, -0.25) is 9.59 Å². The molecule has 0 fully saturated rings. The van der Waals surface area contributed by atoms with Gasteiger partial charge in [0, 0.05) is 12.8 Å². The van der Waals surface area contributed by atoms with Crippen LogP contribution in [0.2, 0.25) is 0 Å². The smallest absolute Gasteiger partial charge is 0.306 e. The van der Waals surface area contributed by atoms with E-state index in [1.807, 2.05) is 0 Å². The minimum Gasteiger partial charge on any atom is -0.466 e. The Kier molecular flexibility index (Phi) is 16.0. The standard InChI is InChI=1S/C20H38O4/c1-4-7-12-17-23-19(21)15-10-9-11-16-20(22)24-18(13-6-3)14-8-5-2/h18H,4-17H2,1-3H3. The Bertz CT molecular complexity index is 315. The fraction of sp³-hybridized carbons (Fsp3) is 0.900. The Balaban J connectivity index is 3.64. The van der Waals surface area contributed by atoms with Gasteiger partial charge in [0.2, 0.25) is 0 Å². The summed E-state index contributed by atoms with van der Waals surface area (Å²) in [5, 5.41) is 0. The minimum absolute atomic E-state index is 0.0838. The molecule has 0 aromatic carbocycles. The van der Waals surface area contributed by atoms with E-state index in [9.17, 15) is 9.59 Å². The lowest BCUT2D eigenvalue weighted by Gasteiger charge is -2.17. The molecule has 1 atom stereocenters. The van der Waals surface area contributed by atoms with Gasteiger partial charge in [0.05, 0.1) is 6.61 Å². The van der Waals surface area contributed by atoms with E-state index in [0.717, 1.165) is 70.6 Å². The first-order valence-electron chi connectivity index (χ1n) is 9.99. The van der Waals surface area contributed by atoms with Crippen LogP contribution in [0.4, 0.5) is 0 Å². The number of rotatable bonds is 16. The molecule has 142 valence electrons. The van der Waals surface area contributed by atoms with Crippen molar-refractivity contribution in [2.24, 2.45) is 0 Å². The fourth-order valence-electron chi connectivity index (χ4n) is 2.59. The second-order valence-electron chi connectivity index (χ2n) is 6.53. The molecule has 0 aliphatic heterocycles. The van der Waals surface area contributed by atoms with Crippen molar-refractivity contribution in [1.82, 2.24) is 0 Å². The zero-order chi connectivity index (χ0) is 18.0. The van der Waals surface area contributed by atoms with Crippen LogP contribution in [0.1, 0.15) is 104 Å². The van der Waals surface area contributed by atoms with Crippen LogP contribution in [0.5, 0.6) is 0 Å². The first-order chi connectivity index (χ1) is 11.6. The lowest BCUT2D eigenvalue weighted by Crippen LogP contribution is -2.18. The predicted octanol–water partition coefficient (Wildman–Crippen LogP) is 5.57. The zero-order valence-corrected chi connectivity index (χ0v) is 16.1. The molecule has 0 spiro atoms. The van der Waals surface area contributed by atoms with E-state index < -0.39 is 0 Å². The molecule has 0 saturated heterocycles. The lowest BCUT2D eigenvalue weighted by molar-refractivity contribution is -0.150. The Morgan fingerprint density at radius 2 is 1.38 bits per heavy atom. The zero-order valence-electron chi connectivity index (χ0n) is 16.1. The number of ether oxygens (including phenoxy) is 2. The molecule has 4 heteroatoms. The van der Waals surface area contributed by atoms with E-state index in [4.69, 9.17) is 9.47 Å². The van der Waals surface area contributed by atoms with Gasteiger partial charge in [-0.1, -0.05) is 59.3 Å². The van der Waals surface area contributed by atoms with Gasteiger partial charge in [-0.25, -0.2) is 0 Å². The van der Waals surface area contributed by atoms with Crippen molar-refractivity contribution in [3.8, 4) is 0 Å². The molecule has 0 saturated carbocycles. The van der Waals surface area contributed by atoms with E-state index in [2.05, 4.69) is 20.8 Å². The molecule has 24 heavy (non-hydrogen) atoms. The maximum Gasteiger partial charge on any atom is 0.306 e. The normalized spacial score (nSPS) is 12.0. The summed E-state index contributed by atoms with van der Waals surface area (Å²) < 4.78 is 10.7. The van der Waals surface area contributed by atoms with Gasteiger partial charge >= 0.3 is 11.9 Å². The quantitative estimate of drug-likeness (QED) is 0.272. The topological polar surface area (TPSA) is 52.6 Å². The third-order valence-electron chi connectivity index (χ3n) is 4.06. The minimum atomic E-state index is -0.115. The van der Waals surface area contributed by atoms with Crippen LogP contribution >= 0.6 is 0 Å². The summed E-state index contributed by atoms with van der Waals surface area (Å²) in [6.45, 7) is 6.93. The van der Waals surface area contributed by atoms with Gasteiger partial charge in [0.1, 0.15) is 6.10 Å². The Labute approximate surface area is 148 Å². The summed E-state index contributed by atoms with van der Waals surface area (Å²) in [6, 6.07) is 0. The van der Waals surface area contributed by atoms with Crippen LogP contribution in [0.15, 0.2) is 0 Å². The summed E-state index contributed by atoms with van der Waals surface area (Å²) in [6.07, 6.45) is 11.8. The van der Waals surface area contributed by atoms with Crippen molar-refractivity contribution in [3.63, 3.8) is 0 Å². The molecule has 0 radical (unpaired) electrons. The molecule has 1 unspecified atom stereocenters. The maximum absolute atomic E-state index is 11.9. The number of hydrogen-bond acceptors (Lipinski definition) is 4. The van der Waals surface area contributed by atoms with Crippen molar-refractivity contribution < 1.29 is 19.1 Å². The Hall–Kier alpha value is -1.06. The van der Waals surface area contributed by atoms with Gasteiger partial charge in [-0.05, 0) is 32.1 Å². The highest BCUT2D eigenvalue weighted by molar-refractivity contribution is 5.70. The number of carbonyl (C=O) groups excluding carboxylic acids is 2. The second kappa shape index (κ2) is 16.8. The highest BCUT2D eigenvalue weighted by Crippen LogP contribution is 2.13. The van der Waals surface area contributed by atoms with E-state index in [1.165, 1.54) is 0 Å². The van der Waals surface area contributed by atoms with Crippen molar-refractivity contribution in [3.05, 3.63) is 0 Å². The highest BCUT2D eigenvalue weighted by Gasteiger charge is 2.13. The van der Waals surface area contributed by atoms with Crippen molar-refractivity contribution in [2.45, 2.75) is 110 Å². The molecule has 0 aliphatic carbocycles. The monoisotopic (exact) mass is 342 g/mol. The number of unbranched alkanes of at least 4 members (excludes halogenated alkanes) is 5. The Morgan fingerprint density at radius 3 is 2.00 bits per heavy atom. The van der Waals surface area contributed by atoms with Crippen LogP contribution in [0.3, 0.4) is 0 Å². The lowest BCUT2D eigenvalue weighted by atomic mass is 10.1. The predicted molar refractivity (Wildman–Crippen MR) is 97.9 cm³/mol. The largest absolute Gasteiger partial charge is 0.466 e. The SMILES string of the molecule is CCCCCOC(=O)CCCCCC(=O)OC(CCC)CCCC. The number of esters is 2. The van der Waals surface area contributed by atoms with Gasteiger partial charge in [-0.2, -0.15) is 0 Å². The summed E-state index contributed by atoms with van der Waals surface area (Å²) >= 11 is 0. The molecule has 0 aromatic rings. The van der Waals surface area contributed by atoms with Crippen LogP contribution in [0.25, 0.3) is 0 Å². The third-order valence-corrected chi connectivity index (χ3v) is 4.06. The van der Waals surface area contributed by atoms with Crippen LogP contribution in [-0.2, 0) is 19.1 Å². The molecule has 0 N–H and O–H groups in total. The molecule has 0 aliphatic rings. The Morgan fingerprint density at radius 1 is 0.708 bits per heavy atom. The first kappa shape index (κ1) is 22.9. The van der Waals surface area contributed by atoms with E-state index >= 15 is 0 Å². The van der Waals surface area contributed by atoms with E-state index in [1.54, 1.807) is 0 Å².